The molecule has 0 N–H and O–H groups in total. The van der Waals surface area contributed by atoms with Gasteiger partial charge in [0.25, 0.3) is 0 Å². The number of esters is 1. The predicted octanol–water partition coefficient (Wildman–Crippen LogP) is 0.0750. The summed E-state index contributed by atoms with van der Waals surface area (Å²) >= 11 is 0. The SMILES string of the molecule is O=C1O[C@]23CC4OC4[C@H](CN4CCCC[C@@H]42)C32OC12. The largest absolute Gasteiger partial charge is 0.452 e. The highest BCUT2D eigenvalue weighted by Gasteiger charge is 2.91. The Hall–Kier alpha value is -0.650. The Morgan fingerprint density at radius 1 is 1.32 bits per heavy atom. The normalized spacial score (nSPS) is 64.4. The maximum absolute atomic E-state index is 12.1. The van der Waals surface area contributed by atoms with E-state index in [4.69, 9.17) is 14.2 Å². The number of carbonyl (C=O) groups is 1. The summed E-state index contributed by atoms with van der Waals surface area (Å²) in [5.74, 6) is 0.232. The van der Waals surface area contributed by atoms with Crippen LogP contribution < -0.4 is 0 Å². The Labute approximate surface area is 111 Å². The fourth-order valence-electron chi connectivity index (χ4n) is 5.73. The Morgan fingerprint density at radius 2 is 2.26 bits per heavy atom. The summed E-state index contributed by atoms with van der Waals surface area (Å²) in [6.07, 6.45) is 4.84. The Balaban J connectivity index is 1.56. The van der Waals surface area contributed by atoms with Gasteiger partial charge in [-0.05, 0) is 19.4 Å². The van der Waals surface area contributed by atoms with E-state index in [1.807, 2.05) is 0 Å². The smallest absolute Gasteiger partial charge is 0.339 e. The topological polar surface area (TPSA) is 54.6 Å². The summed E-state index contributed by atoms with van der Waals surface area (Å²) in [6.45, 7) is 2.17. The number of hydrogen-bond acceptors (Lipinski definition) is 5. The lowest BCUT2D eigenvalue weighted by Crippen LogP contribution is -2.72. The van der Waals surface area contributed by atoms with Crippen LogP contribution in [0.2, 0.25) is 0 Å². The van der Waals surface area contributed by atoms with Crippen molar-refractivity contribution < 1.29 is 19.0 Å². The molecule has 0 aromatic carbocycles. The van der Waals surface area contributed by atoms with Gasteiger partial charge in [-0.25, -0.2) is 4.79 Å². The van der Waals surface area contributed by atoms with Gasteiger partial charge in [-0.15, -0.1) is 0 Å². The molecule has 5 heteroatoms. The minimum absolute atomic E-state index is 0.112. The first-order chi connectivity index (χ1) is 9.26. The maximum Gasteiger partial charge on any atom is 0.339 e. The van der Waals surface area contributed by atoms with Crippen molar-refractivity contribution in [3.05, 3.63) is 0 Å². The minimum Gasteiger partial charge on any atom is -0.452 e. The molecule has 6 fully saturated rings. The van der Waals surface area contributed by atoms with Gasteiger partial charge in [0.1, 0.15) is 0 Å². The zero-order valence-electron chi connectivity index (χ0n) is 10.7. The molecule has 5 nitrogen and oxygen atoms in total. The van der Waals surface area contributed by atoms with Crippen molar-refractivity contribution >= 4 is 5.97 Å². The molecule has 1 aliphatic carbocycles. The lowest BCUT2D eigenvalue weighted by molar-refractivity contribution is -0.205. The van der Waals surface area contributed by atoms with Crippen molar-refractivity contribution in [2.24, 2.45) is 5.92 Å². The second kappa shape index (κ2) is 2.71. The lowest BCUT2D eigenvalue weighted by Gasteiger charge is -2.56. The first-order valence-electron chi connectivity index (χ1n) is 7.56. The quantitative estimate of drug-likeness (QED) is 0.457. The van der Waals surface area contributed by atoms with Crippen molar-refractivity contribution in [3.63, 3.8) is 0 Å². The zero-order valence-corrected chi connectivity index (χ0v) is 10.7. The van der Waals surface area contributed by atoms with E-state index in [1.165, 1.54) is 12.8 Å². The molecule has 5 heterocycles. The standard InChI is InChI=1S/C14H17NO4/c16-12-11-14(18-11)7-6-15-4-2-1-3-9(15)13(14,19-12)5-8-10(7)17-8/h7-11H,1-6H2/t7-,8?,9+,10?,11?,13+,14?/m0/s1. The zero-order chi connectivity index (χ0) is 12.4. The molecule has 19 heavy (non-hydrogen) atoms. The fraction of sp³-hybridized carbons (Fsp3) is 0.929. The molecule has 2 bridgehead atoms. The van der Waals surface area contributed by atoms with Crippen molar-refractivity contribution in [1.29, 1.82) is 0 Å². The van der Waals surface area contributed by atoms with Crippen LogP contribution in [0.25, 0.3) is 0 Å². The average Bonchev–Trinajstić information content (AvgIpc) is 3.28. The molecule has 7 atom stereocenters. The molecule has 6 rings (SSSR count). The van der Waals surface area contributed by atoms with Gasteiger partial charge < -0.3 is 14.2 Å². The van der Waals surface area contributed by atoms with Crippen LogP contribution in [-0.2, 0) is 19.0 Å². The molecule has 0 radical (unpaired) electrons. The van der Waals surface area contributed by atoms with Gasteiger partial charge in [0.05, 0.1) is 18.2 Å². The van der Waals surface area contributed by atoms with Gasteiger partial charge in [0.15, 0.2) is 17.3 Å². The van der Waals surface area contributed by atoms with Gasteiger partial charge in [-0.1, -0.05) is 6.42 Å². The van der Waals surface area contributed by atoms with Crippen LogP contribution in [0, 0.1) is 5.92 Å². The number of nitrogens with zero attached hydrogens (tertiary/aromatic N) is 1. The number of rotatable bonds is 0. The fourth-order valence-corrected chi connectivity index (χ4v) is 5.73. The molecule has 1 saturated carbocycles. The highest BCUT2D eigenvalue weighted by Crippen LogP contribution is 2.70. The van der Waals surface area contributed by atoms with Crippen molar-refractivity contribution in [2.75, 3.05) is 13.1 Å². The van der Waals surface area contributed by atoms with Crippen LogP contribution in [0.15, 0.2) is 0 Å². The molecule has 4 unspecified atom stereocenters. The molecule has 5 aliphatic heterocycles. The lowest BCUT2D eigenvalue weighted by atomic mass is 9.60. The molecular formula is C14H17NO4. The Morgan fingerprint density at radius 3 is 3.16 bits per heavy atom. The van der Waals surface area contributed by atoms with Gasteiger partial charge in [-0.2, -0.15) is 0 Å². The molecule has 0 amide bonds. The summed E-state index contributed by atoms with van der Waals surface area (Å²) in [4.78, 5) is 14.7. The Bertz CT molecular complexity index is 510. The summed E-state index contributed by atoms with van der Waals surface area (Å²) in [6, 6.07) is 0.360. The Kier molecular flexibility index (Phi) is 1.45. The number of piperidine rings is 2. The second-order valence-corrected chi connectivity index (χ2v) is 7.06. The number of fused-ring (bicyclic) bond motifs is 3. The van der Waals surface area contributed by atoms with Crippen LogP contribution in [-0.4, -0.2) is 59.5 Å². The van der Waals surface area contributed by atoms with Crippen LogP contribution in [0.3, 0.4) is 0 Å². The van der Waals surface area contributed by atoms with Crippen molar-refractivity contribution in [2.45, 2.75) is 61.2 Å². The van der Waals surface area contributed by atoms with Crippen LogP contribution in [0.1, 0.15) is 25.7 Å². The summed E-state index contributed by atoms with van der Waals surface area (Å²) in [5, 5.41) is 0. The molecular weight excluding hydrogens is 246 g/mol. The van der Waals surface area contributed by atoms with E-state index in [0.717, 1.165) is 25.9 Å². The molecule has 0 aromatic rings. The average molecular weight is 263 g/mol. The van der Waals surface area contributed by atoms with Gasteiger partial charge in [0, 0.05) is 18.9 Å². The van der Waals surface area contributed by atoms with E-state index in [2.05, 4.69) is 4.90 Å². The number of epoxide rings is 2. The first kappa shape index (κ1) is 10.1. The van der Waals surface area contributed by atoms with E-state index >= 15 is 0 Å². The molecule has 6 aliphatic rings. The van der Waals surface area contributed by atoms with Crippen molar-refractivity contribution in [1.82, 2.24) is 4.90 Å². The minimum atomic E-state index is -0.393. The summed E-state index contributed by atoms with van der Waals surface area (Å²) in [7, 11) is 0. The summed E-state index contributed by atoms with van der Waals surface area (Å²) in [5.41, 5.74) is -0.712. The molecule has 0 aromatic heterocycles. The van der Waals surface area contributed by atoms with E-state index in [9.17, 15) is 4.79 Å². The van der Waals surface area contributed by atoms with Crippen molar-refractivity contribution in [3.8, 4) is 0 Å². The first-order valence-corrected chi connectivity index (χ1v) is 7.56. The third-order valence-corrected chi connectivity index (χ3v) is 6.46. The van der Waals surface area contributed by atoms with Gasteiger partial charge >= 0.3 is 5.97 Å². The number of ether oxygens (including phenoxy) is 3. The molecule has 1 spiro atoms. The van der Waals surface area contributed by atoms with Gasteiger partial charge in [-0.3, -0.25) is 4.90 Å². The van der Waals surface area contributed by atoms with Gasteiger partial charge in [0.2, 0.25) is 0 Å². The highest BCUT2D eigenvalue weighted by molar-refractivity contribution is 5.85. The number of carbonyl (C=O) groups excluding carboxylic acids is 1. The highest BCUT2D eigenvalue weighted by atomic mass is 16.7. The summed E-state index contributed by atoms with van der Waals surface area (Å²) < 4.78 is 17.8. The van der Waals surface area contributed by atoms with Crippen LogP contribution in [0.4, 0.5) is 0 Å². The second-order valence-electron chi connectivity index (χ2n) is 7.06. The molecule has 5 saturated heterocycles. The van der Waals surface area contributed by atoms with E-state index < -0.39 is 5.60 Å². The van der Waals surface area contributed by atoms with Crippen LogP contribution >= 0.6 is 0 Å². The molecule has 102 valence electrons. The third kappa shape index (κ3) is 0.875. The third-order valence-electron chi connectivity index (χ3n) is 6.46. The van der Waals surface area contributed by atoms with Crippen LogP contribution in [0.5, 0.6) is 0 Å². The van der Waals surface area contributed by atoms with E-state index in [-0.39, 0.29) is 17.7 Å². The van der Waals surface area contributed by atoms with E-state index in [1.54, 1.807) is 0 Å². The predicted molar refractivity (Wildman–Crippen MR) is 62.4 cm³/mol. The van der Waals surface area contributed by atoms with E-state index in [0.29, 0.717) is 24.2 Å². The number of hydrogen-bond donors (Lipinski definition) is 0. The maximum atomic E-state index is 12.1. The monoisotopic (exact) mass is 263 g/mol.